The van der Waals surface area contributed by atoms with E-state index < -0.39 is 5.97 Å². The number of carboxylic acid groups (broad SMARTS) is 1. The normalized spacial score (nSPS) is 15.1. The molecule has 0 aliphatic heterocycles. The standard InChI is InChI=1S/C18H22N2O2/c1-4-6-15(11-19)13(2)9-17(10-14(3)18(21)22)16-7-5-8-20-12-16/h4-13H,19H2,1-3H3,(H,21,22)/b6-4-,14-10+,15-11+,17-9+. The fourth-order valence-electron chi connectivity index (χ4n) is 1.97. The van der Waals surface area contributed by atoms with Gasteiger partial charge in [-0.05, 0) is 48.9 Å². The van der Waals surface area contributed by atoms with Crippen LogP contribution in [0.15, 0.2) is 66.2 Å². The van der Waals surface area contributed by atoms with Gasteiger partial charge in [-0.2, -0.15) is 0 Å². The first kappa shape index (κ1) is 17.4. The highest BCUT2D eigenvalue weighted by Gasteiger charge is 2.08. The Morgan fingerprint density at radius 2 is 2.18 bits per heavy atom. The van der Waals surface area contributed by atoms with Gasteiger partial charge in [-0.3, -0.25) is 4.98 Å². The Kier molecular flexibility index (Phi) is 6.83. The summed E-state index contributed by atoms with van der Waals surface area (Å²) in [6, 6.07) is 3.72. The largest absolute Gasteiger partial charge is 0.478 e. The highest BCUT2D eigenvalue weighted by atomic mass is 16.4. The Morgan fingerprint density at radius 1 is 1.45 bits per heavy atom. The summed E-state index contributed by atoms with van der Waals surface area (Å²) in [6.45, 7) is 5.51. The van der Waals surface area contributed by atoms with Gasteiger partial charge in [0.15, 0.2) is 0 Å². The van der Waals surface area contributed by atoms with Gasteiger partial charge in [0, 0.05) is 23.9 Å². The third-order valence-corrected chi connectivity index (χ3v) is 3.21. The van der Waals surface area contributed by atoms with Gasteiger partial charge in [0.05, 0.1) is 0 Å². The maximum absolute atomic E-state index is 11.1. The van der Waals surface area contributed by atoms with Crippen LogP contribution in [0.25, 0.3) is 5.57 Å². The first-order valence-electron chi connectivity index (χ1n) is 7.07. The van der Waals surface area contributed by atoms with Gasteiger partial charge in [-0.1, -0.05) is 31.2 Å². The molecule has 1 rings (SSSR count). The van der Waals surface area contributed by atoms with Crippen molar-refractivity contribution in [1.82, 2.24) is 4.98 Å². The molecule has 0 saturated carbocycles. The van der Waals surface area contributed by atoms with Gasteiger partial charge >= 0.3 is 5.97 Å². The lowest BCUT2D eigenvalue weighted by Crippen LogP contribution is -2.00. The number of hydrogen-bond donors (Lipinski definition) is 2. The number of hydrogen-bond acceptors (Lipinski definition) is 3. The van der Waals surface area contributed by atoms with Crippen LogP contribution in [0, 0.1) is 5.92 Å². The lowest BCUT2D eigenvalue weighted by atomic mass is 9.95. The number of pyridine rings is 1. The monoisotopic (exact) mass is 298 g/mol. The number of aromatic nitrogens is 1. The maximum Gasteiger partial charge on any atom is 0.331 e. The molecule has 0 saturated heterocycles. The number of aliphatic carboxylic acids is 1. The summed E-state index contributed by atoms with van der Waals surface area (Å²) < 4.78 is 0. The van der Waals surface area contributed by atoms with Crippen molar-refractivity contribution in [2.24, 2.45) is 11.7 Å². The summed E-state index contributed by atoms with van der Waals surface area (Å²) in [5, 5.41) is 9.10. The van der Waals surface area contributed by atoms with Crippen molar-refractivity contribution in [3.63, 3.8) is 0 Å². The van der Waals surface area contributed by atoms with Crippen LogP contribution in [0.2, 0.25) is 0 Å². The molecule has 0 spiro atoms. The lowest BCUT2D eigenvalue weighted by molar-refractivity contribution is -0.132. The topological polar surface area (TPSA) is 76.2 Å². The van der Waals surface area contributed by atoms with Crippen LogP contribution in [0.5, 0.6) is 0 Å². The molecule has 4 heteroatoms. The molecule has 0 fully saturated rings. The van der Waals surface area contributed by atoms with Gasteiger partial charge < -0.3 is 10.8 Å². The van der Waals surface area contributed by atoms with E-state index >= 15 is 0 Å². The van der Waals surface area contributed by atoms with E-state index in [1.54, 1.807) is 31.6 Å². The minimum atomic E-state index is -0.939. The molecule has 0 aliphatic carbocycles. The lowest BCUT2D eigenvalue weighted by Gasteiger charge is -2.11. The predicted molar refractivity (Wildman–Crippen MR) is 89.9 cm³/mol. The first-order valence-corrected chi connectivity index (χ1v) is 7.07. The highest BCUT2D eigenvalue weighted by molar-refractivity contribution is 5.90. The molecule has 116 valence electrons. The smallest absolute Gasteiger partial charge is 0.331 e. The molecule has 0 radical (unpaired) electrons. The van der Waals surface area contributed by atoms with Crippen LogP contribution >= 0.6 is 0 Å². The van der Waals surface area contributed by atoms with Gasteiger partial charge in [0.1, 0.15) is 0 Å². The Labute approximate surface area is 131 Å². The van der Waals surface area contributed by atoms with Gasteiger partial charge in [0.25, 0.3) is 0 Å². The molecular formula is C18H22N2O2. The van der Waals surface area contributed by atoms with E-state index in [0.717, 1.165) is 16.7 Å². The Hall–Kier alpha value is -2.62. The molecular weight excluding hydrogens is 276 g/mol. The van der Waals surface area contributed by atoms with Gasteiger partial charge in [-0.25, -0.2) is 4.79 Å². The Balaban J connectivity index is 3.29. The maximum atomic E-state index is 11.1. The SMILES string of the molecule is C/C=C\C(=C/N)C(C)/C=C(\C=C(/C)C(=O)O)c1cccnc1. The van der Waals surface area contributed by atoms with Crippen molar-refractivity contribution in [2.75, 3.05) is 0 Å². The van der Waals surface area contributed by atoms with Crippen LogP contribution < -0.4 is 5.73 Å². The second-order valence-electron chi connectivity index (χ2n) is 4.95. The molecule has 3 N–H and O–H groups in total. The molecule has 1 aromatic heterocycles. The zero-order valence-electron chi connectivity index (χ0n) is 13.2. The van der Waals surface area contributed by atoms with Crippen molar-refractivity contribution in [3.05, 3.63) is 71.7 Å². The van der Waals surface area contributed by atoms with Gasteiger partial charge in [-0.15, -0.1) is 0 Å². The van der Waals surface area contributed by atoms with E-state index in [4.69, 9.17) is 10.8 Å². The second kappa shape index (κ2) is 8.62. The first-order chi connectivity index (χ1) is 10.5. The van der Waals surface area contributed by atoms with Crippen LogP contribution in [0.4, 0.5) is 0 Å². The number of allylic oxidation sites excluding steroid dienone is 6. The third kappa shape index (κ3) is 5.05. The van der Waals surface area contributed by atoms with Crippen molar-refractivity contribution in [1.29, 1.82) is 0 Å². The third-order valence-electron chi connectivity index (χ3n) is 3.21. The number of nitrogens with zero attached hydrogens (tertiary/aromatic N) is 1. The molecule has 0 aromatic carbocycles. The van der Waals surface area contributed by atoms with E-state index in [9.17, 15) is 4.79 Å². The van der Waals surface area contributed by atoms with Crippen LogP contribution in [-0.4, -0.2) is 16.1 Å². The Bertz CT molecular complexity index is 626. The van der Waals surface area contributed by atoms with E-state index in [1.807, 2.05) is 44.2 Å². The molecule has 0 bridgehead atoms. The summed E-state index contributed by atoms with van der Waals surface area (Å²) in [5.41, 5.74) is 8.57. The average molecular weight is 298 g/mol. The summed E-state index contributed by atoms with van der Waals surface area (Å²) in [5.74, 6) is -0.889. The average Bonchev–Trinajstić information content (AvgIpc) is 2.52. The minimum absolute atomic E-state index is 0.0502. The van der Waals surface area contributed by atoms with E-state index in [0.29, 0.717) is 0 Å². The fraction of sp³-hybridized carbons (Fsp3) is 0.222. The molecule has 0 aliphatic rings. The van der Waals surface area contributed by atoms with Crippen molar-refractivity contribution in [3.8, 4) is 0 Å². The van der Waals surface area contributed by atoms with Crippen molar-refractivity contribution >= 4 is 11.5 Å². The molecule has 0 amide bonds. The summed E-state index contributed by atoms with van der Waals surface area (Å²) in [6.07, 6.45) is 12.5. The Morgan fingerprint density at radius 3 is 2.68 bits per heavy atom. The summed E-state index contributed by atoms with van der Waals surface area (Å²) in [7, 11) is 0. The fourth-order valence-corrected chi connectivity index (χ4v) is 1.97. The number of carbonyl (C=O) groups is 1. The second-order valence-corrected chi connectivity index (χ2v) is 4.95. The van der Waals surface area contributed by atoms with E-state index in [2.05, 4.69) is 4.98 Å². The zero-order chi connectivity index (χ0) is 16.5. The number of rotatable bonds is 6. The summed E-state index contributed by atoms with van der Waals surface area (Å²) >= 11 is 0. The molecule has 1 aromatic rings. The zero-order valence-corrected chi connectivity index (χ0v) is 13.2. The number of nitrogens with two attached hydrogens (primary N) is 1. The van der Waals surface area contributed by atoms with E-state index in [-0.39, 0.29) is 11.5 Å². The molecule has 1 unspecified atom stereocenters. The molecule has 22 heavy (non-hydrogen) atoms. The minimum Gasteiger partial charge on any atom is -0.478 e. The van der Waals surface area contributed by atoms with Crippen molar-refractivity contribution < 1.29 is 9.90 Å². The number of carboxylic acids is 1. The molecule has 1 heterocycles. The predicted octanol–water partition coefficient (Wildman–Crippen LogP) is 3.55. The summed E-state index contributed by atoms with van der Waals surface area (Å²) in [4.78, 5) is 15.2. The van der Waals surface area contributed by atoms with Crippen LogP contribution in [-0.2, 0) is 4.79 Å². The van der Waals surface area contributed by atoms with Crippen LogP contribution in [0.3, 0.4) is 0 Å². The molecule has 4 nitrogen and oxygen atoms in total. The van der Waals surface area contributed by atoms with Crippen molar-refractivity contribution in [2.45, 2.75) is 20.8 Å². The van der Waals surface area contributed by atoms with Crippen LogP contribution in [0.1, 0.15) is 26.3 Å². The highest BCUT2D eigenvalue weighted by Crippen LogP contribution is 2.23. The molecule has 1 atom stereocenters. The van der Waals surface area contributed by atoms with E-state index in [1.165, 1.54) is 0 Å². The quantitative estimate of drug-likeness (QED) is 0.622. The van der Waals surface area contributed by atoms with Gasteiger partial charge in [0.2, 0.25) is 0 Å².